The molecule has 0 atom stereocenters. The first-order valence-electron chi connectivity index (χ1n) is 7.75. The van der Waals surface area contributed by atoms with Crippen molar-refractivity contribution in [2.45, 2.75) is 25.3 Å². The second-order valence-electron chi connectivity index (χ2n) is 5.50. The first-order chi connectivity index (χ1) is 12.0. The number of ether oxygens (including phenoxy) is 2. The highest BCUT2D eigenvalue weighted by molar-refractivity contribution is 7.92. The molecule has 132 valence electrons. The van der Waals surface area contributed by atoms with Gasteiger partial charge in [-0.2, -0.15) is 18.0 Å². The molecule has 1 aromatic carbocycles. The number of hydrogen-bond donors (Lipinski definition) is 1. The lowest BCUT2D eigenvalue weighted by atomic mass is 10.3. The Labute approximate surface area is 148 Å². The molecule has 0 bridgehead atoms. The van der Waals surface area contributed by atoms with Crippen molar-refractivity contribution in [2.24, 2.45) is 0 Å². The van der Waals surface area contributed by atoms with Crippen molar-refractivity contribution in [2.75, 3.05) is 17.9 Å². The van der Waals surface area contributed by atoms with Gasteiger partial charge in [-0.05, 0) is 25.5 Å². The Morgan fingerprint density at radius 2 is 2.04 bits per heavy atom. The molecule has 1 N–H and O–H groups in total. The Kier molecular flexibility index (Phi) is 3.80. The van der Waals surface area contributed by atoms with Crippen LogP contribution in [0.15, 0.2) is 23.2 Å². The van der Waals surface area contributed by atoms with E-state index in [0.717, 1.165) is 5.01 Å². The van der Waals surface area contributed by atoms with Crippen molar-refractivity contribution in [3.8, 4) is 11.5 Å². The van der Waals surface area contributed by atoms with Gasteiger partial charge < -0.3 is 9.47 Å². The molecular formula is C15H16N4O4S2. The van der Waals surface area contributed by atoms with Gasteiger partial charge >= 0.3 is 0 Å². The number of fused-ring (bicyclic) bond motifs is 2. The van der Waals surface area contributed by atoms with E-state index in [0.29, 0.717) is 47.5 Å². The first kappa shape index (κ1) is 16.2. The summed E-state index contributed by atoms with van der Waals surface area (Å²) in [7, 11) is -3.85. The maximum atomic E-state index is 13.0. The summed E-state index contributed by atoms with van der Waals surface area (Å²) in [6.45, 7) is 4.59. The molecule has 8 nitrogen and oxygen atoms in total. The van der Waals surface area contributed by atoms with Gasteiger partial charge in [0, 0.05) is 6.07 Å². The third kappa shape index (κ3) is 2.81. The van der Waals surface area contributed by atoms with Gasteiger partial charge in [0.2, 0.25) is 9.99 Å². The fourth-order valence-corrected chi connectivity index (χ4v) is 4.88. The molecule has 0 unspecified atom stereocenters. The lowest BCUT2D eigenvalue weighted by molar-refractivity contribution is 0.171. The van der Waals surface area contributed by atoms with Crippen molar-refractivity contribution in [1.29, 1.82) is 0 Å². The van der Waals surface area contributed by atoms with Crippen molar-refractivity contribution in [1.82, 2.24) is 14.6 Å². The predicted molar refractivity (Wildman–Crippen MR) is 93.2 cm³/mol. The molecule has 0 aliphatic carbocycles. The SMILES string of the molecule is CCc1nc2sc(C)nn2c1S(=O)(=O)Nc1ccc2c(c1)OCCO2. The van der Waals surface area contributed by atoms with E-state index in [9.17, 15) is 8.42 Å². The number of imidazole rings is 1. The maximum absolute atomic E-state index is 13.0. The van der Waals surface area contributed by atoms with Gasteiger partial charge in [0.25, 0.3) is 10.0 Å². The van der Waals surface area contributed by atoms with Gasteiger partial charge in [0.1, 0.15) is 18.2 Å². The van der Waals surface area contributed by atoms with Crippen molar-refractivity contribution in [3.63, 3.8) is 0 Å². The fourth-order valence-electron chi connectivity index (χ4n) is 2.68. The molecule has 3 heterocycles. The zero-order chi connectivity index (χ0) is 17.6. The van der Waals surface area contributed by atoms with Crippen LogP contribution in [0.5, 0.6) is 11.5 Å². The van der Waals surface area contributed by atoms with Crippen LogP contribution in [0.1, 0.15) is 17.6 Å². The number of anilines is 1. The minimum absolute atomic E-state index is 0.0734. The molecule has 4 rings (SSSR count). The summed E-state index contributed by atoms with van der Waals surface area (Å²) in [6.07, 6.45) is 0.493. The topological polar surface area (TPSA) is 94.8 Å². The molecule has 0 spiro atoms. The second kappa shape index (κ2) is 5.88. The number of nitrogens with one attached hydrogen (secondary N) is 1. The molecule has 2 aromatic heterocycles. The highest BCUT2D eigenvalue weighted by Crippen LogP contribution is 2.33. The molecule has 0 amide bonds. The normalized spacial score (nSPS) is 14.0. The van der Waals surface area contributed by atoms with Crippen molar-refractivity contribution in [3.05, 3.63) is 28.9 Å². The molecule has 1 aliphatic heterocycles. The molecule has 0 saturated heterocycles. The largest absolute Gasteiger partial charge is 0.486 e. The molecule has 1 aliphatic rings. The monoisotopic (exact) mass is 380 g/mol. The predicted octanol–water partition coefficient (Wildman–Crippen LogP) is 2.23. The van der Waals surface area contributed by atoms with Crippen LogP contribution >= 0.6 is 11.3 Å². The van der Waals surface area contributed by atoms with Crippen LogP contribution in [-0.2, 0) is 16.4 Å². The van der Waals surface area contributed by atoms with E-state index in [1.165, 1.54) is 15.9 Å². The van der Waals surface area contributed by atoms with E-state index in [1.807, 2.05) is 13.8 Å². The van der Waals surface area contributed by atoms with Gasteiger partial charge in [-0.25, -0.2) is 4.98 Å². The van der Waals surface area contributed by atoms with E-state index in [-0.39, 0.29) is 5.03 Å². The summed E-state index contributed by atoms with van der Waals surface area (Å²) >= 11 is 1.36. The Morgan fingerprint density at radius 1 is 1.28 bits per heavy atom. The first-order valence-corrected chi connectivity index (χ1v) is 10.1. The molecule has 10 heteroatoms. The Morgan fingerprint density at radius 3 is 2.80 bits per heavy atom. The third-order valence-electron chi connectivity index (χ3n) is 3.71. The standard InChI is InChI=1S/C15H16N4O4S2/c1-3-11-14(19-15(16-11)24-9(2)17-19)25(20,21)18-10-4-5-12-13(8-10)23-7-6-22-12/h4-5,8,18H,3,6-7H2,1-2H3. The minimum Gasteiger partial charge on any atom is -0.486 e. The molecular weight excluding hydrogens is 364 g/mol. The van der Waals surface area contributed by atoms with Crippen LogP contribution in [0.2, 0.25) is 0 Å². The number of aryl methyl sites for hydroxylation is 2. The zero-order valence-electron chi connectivity index (χ0n) is 13.6. The number of sulfonamides is 1. The van der Waals surface area contributed by atoms with Gasteiger partial charge in [0.15, 0.2) is 11.5 Å². The van der Waals surface area contributed by atoms with Gasteiger partial charge in [-0.3, -0.25) is 4.72 Å². The summed E-state index contributed by atoms with van der Waals surface area (Å²) < 4.78 is 40.8. The summed E-state index contributed by atoms with van der Waals surface area (Å²) in [5, 5.41) is 5.09. The van der Waals surface area contributed by atoms with Crippen LogP contribution in [0.25, 0.3) is 4.96 Å². The van der Waals surface area contributed by atoms with E-state index >= 15 is 0 Å². The van der Waals surface area contributed by atoms with E-state index < -0.39 is 10.0 Å². The highest BCUT2D eigenvalue weighted by atomic mass is 32.2. The average Bonchev–Trinajstić information content (AvgIpc) is 3.09. The van der Waals surface area contributed by atoms with Crippen LogP contribution < -0.4 is 14.2 Å². The number of benzene rings is 1. The van der Waals surface area contributed by atoms with E-state index in [4.69, 9.17) is 9.47 Å². The average molecular weight is 380 g/mol. The summed E-state index contributed by atoms with van der Waals surface area (Å²) in [6, 6.07) is 4.94. The smallest absolute Gasteiger partial charge is 0.281 e. The molecule has 0 saturated carbocycles. The Balaban J connectivity index is 1.75. The maximum Gasteiger partial charge on any atom is 0.281 e. The quantitative estimate of drug-likeness (QED) is 0.746. The zero-order valence-corrected chi connectivity index (χ0v) is 15.3. The van der Waals surface area contributed by atoms with Crippen molar-refractivity contribution >= 4 is 32.0 Å². The molecule has 25 heavy (non-hydrogen) atoms. The van der Waals surface area contributed by atoms with E-state index in [1.54, 1.807) is 18.2 Å². The summed E-state index contributed by atoms with van der Waals surface area (Å²) in [5.74, 6) is 1.12. The highest BCUT2D eigenvalue weighted by Gasteiger charge is 2.27. The van der Waals surface area contributed by atoms with Crippen LogP contribution in [0.3, 0.4) is 0 Å². The van der Waals surface area contributed by atoms with Crippen molar-refractivity contribution < 1.29 is 17.9 Å². The Hall–Kier alpha value is -2.33. The van der Waals surface area contributed by atoms with Crippen LogP contribution in [-0.4, -0.2) is 36.2 Å². The fraction of sp³-hybridized carbons (Fsp3) is 0.333. The Bertz CT molecular complexity index is 1060. The van der Waals surface area contributed by atoms with Crippen LogP contribution in [0.4, 0.5) is 5.69 Å². The second-order valence-corrected chi connectivity index (χ2v) is 8.25. The third-order valence-corrected chi connectivity index (χ3v) is 5.96. The molecule has 0 radical (unpaired) electrons. The molecule has 0 fully saturated rings. The van der Waals surface area contributed by atoms with E-state index in [2.05, 4.69) is 14.8 Å². The van der Waals surface area contributed by atoms with Gasteiger partial charge in [-0.15, -0.1) is 0 Å². The lowest BCUT2D eigenvalue weighted by Gasteiger charge is -2.19. The lowest BCUT2D eigenvalue weighted by Crippen LogP contribution is -2.18. The number of rotatable bonds is 4. The summed E-state index contributed by atoms with van der Waals surface area (Å²) in [4.78, 5) is 4.95. The van der Waals surface area contributed by atoms with Crippen LogP contribution in [0, 0.1) is 6.92 Å². The summed E-state index contributed by atoms with van der Waals surface area (Å²) in [5.41, 5.74) is 0.886. The number of nitrogens with zero attached hydrogens (tertiary/aromatic N) is 3. The minimum atomic E-state index is -3.85. The van der Waals surface area contributed by atoms with Gasteiger partial charge in [-0.1, -0.05) is 18.3 Å². The number of aromatic nitrogens is 3. The number of hydrogen-bond acceptors (Lipinski definition) is 7. The van der Waals surface area contributed by atoms with Gasteiger partial charge in [0.05, 0.1) is 11.4 Å². The molecule has 3 aromatic rings.